The van der Waals surface area contributed by atoms with Gasteiger partial charge in [-0.1, -0.05) is 24.8 Å². The number of benzene rings is 1. The topological polar surface area (TPSA) is 126 Å². The van der Waals surface area contributed by atoms with Crippen molar-refractivity contribution in [3.63, 3.8) is 0 Å². The van der Waals surface area contributed by atoms with E-state index in [4.69, 9.17) is 15.2 Å². The molecule has 8 nitrogen and oxygen atoms in total. The third-order valence-electron chi connectivity index (χ3n) is 8.16. The number of nitriles is 1. The Bertz CT molecular complexity index is 1480. The number of nitrogens with two attached hydrogens (primary N) is 1. The van der Waals surface area contributed by atoms with Crippen LogP contribution >= 0.6 is 0 Å². The summed E-state index contributed by atoms with van der Waals surface area (Å²) in [5.74, 6) is 0.496. The van der Waals surface area contributed by atoms with Gasteiger partial charge >= 0.3 is 0 Å². The number of H-pyrrole nitrogens is 1. The van der Waals surface area contributed by atoms with Crippen molar-refractivity contribution in [3.8, 4) is 6.07 Å². The molecule has 0 radical (unpaired) electrons. The van der Waals surface area contributed by atoms with Gasteiger partial charge in [-0.25, -0.2) is 0 Å². The summed E-state index contributed by atoms with van der Waals surface area (Å²) in [6.07, 6.45) is 10.2. The molecule has 2 saturated heterocycles. The van der Waals surface area contributed by atoms with Gasteiger partial charge in [0.2, 0.25) is 0 Å². The first kappa shape index (κ1) is 25.7. The molecular weight excluding hydrogens is 478 g/mol. The van der Waals surface area contributed by atoms with Gasteiger partial charge in [0.05, 0.1) is 36.3 Å². The summed E-state index contributed by atoms with van der Waals surface area (Å²) in [4.78, 5) is 19.9. The molecule has 6 rings (SSSR count). The monoisotopic (exact) mass is 511 g/mol. The summed E-state index contributed by atoms with van der Waals surface area (Å²) < 4.78 is 11.6. The first-order valence-electron chi connectivity index (χ1n) is 12.9. The number of aromatic amines is 1. The Morgan fingerprint density at radius 1 is 1.34 bits per heavy atom. The van der Waals surface area contributed by atoms with E-state index < -0.39 is 0 Å². The van der Waals surface area contributed by atoms with Crippen molar-refractivity contribution in [1.29, 1.82) is 5.26 Å². The molecule has 2 bridgehead atoms. The van der Waals surface area contributed by atoms with Gasteiger partial charge in [-0.2, -0.15) is 5.26 Å². The predicted molar refractivity (Wildman–Crippen MR) is 148 cm³/mol. The molecule has 196 valence electrons. The molecule has 2 aromatic heterocycles. The lowest BCUT2D eigenvalue weighted by Crippen LogP contribution is -2.61. The highest BCUT2D eigenvalue weighted by Crippen LogP contribution is 2.46. The SMILES string of the molecule is C=C(/C=C\c1ncc(C#N)c(CCC23CCC(NCc4cc5ccccc5[nH]c4=O)(CC2)CO3)c1N)OC. The number of para-hydroxylation sites is 1. The number of rotatable bonds is 9. The maximum absolute atomic E-state index is 12.6. The molecule has 1 saturated carbocycles. The van der Waals surface area contributed by atoms with E-state index in [0.29, 0.717) is 42.3 Å². The van der Waals surface area contributed by atoms with E-state index in [0.717, 1.165) is 54.1 Å². The number of methoxy groups -OCH3 is 1. The van der Waals surface area contributed by atoms with Crippen molar-refractivity contribution >= 4 is 22.7 Å². The molecule has 8 heteroatoms. The minimum absolute atomic E-state index is 0.0570. The Labute approximate surface area is 222 Å². The molecule has 1 aromatic carbocycles. The lowest BCUT2D eigenvalue weighted by atomic mass is 9.69. The highest BCUT2D eigenvalue weighted by Gasteiger charge is 2.49. The van der Waals surface area contributed by atoms with Crippen LogP contribution in [-0.2, 0) is 22.4 Å². The van der Waals surface area contributed by atoms with Crippen LogP contribution in [0, 0.1) is 11.3 Å². The number of pyridine rings is 2. The van der Waals surface area contributed by atoms with E-state index in [1.807, 2.05) is 30.3 Å². The number of nitrogen functional groups attached to an aromatic ring is 1. The number of nitrogens with zero attached hydrogens (tertiary/aromatic N) is 2. The highest BCUT2D eigenvalue weighted by atomic mass is 16.5. The minimum atomic E-state index is -0.230. The minimum Gasteiger partial charge on any atom is -0.497 e. The van der Waals surface area contributed by atoms with Crippen LogP contribution in [0.1, 0.15) is 54.5 Å². The molecular formula is C30H33N5O3. The predicted octanol–water partition coefficient (Wildman–Crippen LogP) is 4.35. The van der Waals surface area contributed by atoms with Gasteiger partial charge in [-0.15, -0.1) is 0 Å². The van der Waals surface area contributed by atoms with Crippen molar-refractivity contribution in [1.82, 2.24) is 15.3 Å². The second-order valence-corrected chi connectivity index (χ2v) is 10.4. The molecule has 0 amide bonds. The zero-order chi connectivity index (χ0) is 26.8. The quantitative estimate of drug-likeness (QED) is 0.288. The molecule has 0 atom stereocenters. The Morgan fingerprint density at radius 2 is 2.13 bits per heavy atom. The van der Waals surface area contributed by atoms with Crippen molar-refractivity contribution in [2.24, 2.45) is 0 Å². The van der Waals surface area contributed by atoms with Gasteiger partial charge in [0, 0.05) is 29.4 Å². The van der Waals surface area contributed by atoms with Crippen LogP contribution in [0.25, 0.3) is 17.0 Å². The third kappa shape index (κ3) is 5.08. The molecule has 0 unspecified atom stereocenters. The molecule has 0 spiro atoms. The Balaban J connectivity index is 1.24. The van der Waals surface area contributed by atoms with Gasteiger partial charge in [-0.05, 0) is 73.8 Å². The summed E-state index contributed by atoms with van der Waals surface area (Å²) in [6.45, 7) is 4.88. The Kier molecular flexibility index (Phi) is 7.06. The van der Waals surface area contributed by atoms with E-state index >= 15 is 0 Å². The first-order chi connectivity index (χ1) is 18.4. The zero-order valence-electron chi connectivity index (χ0n) is 21.7. The number of aromatic nitrogens is 2. The zero-order valence-corrected chi connectivity index (χ0v) is 21.7. The van der Waals surface area contributed by atoms with Crippen LogP contribution in [-0.4, -0.2) is 34.8 Å². The average molecular weight is 512 g/mol. The number of hydrogen-bond donors (Lipinski definition) is 3. The number of hydrogen-bond acceptors (Lipinski definition) is 7. The molecule has 4 N–H and O–H groups in total. The van der Waals surface area contributed by atoms with Gasteiger partial charge in [0.1, 0.15) is 11.8 Å². The van der Waals surface area contributed by atoms with Gasteiger partial charge in [-0.3, -0.25) is 9.78 Å². The molecule has 3 aliphatic rings. The number of allylic oxidation sites excluding steroid dienone is 1. The number of nitrogens with one attached hydrogen (secondary N) is 2. The smallest absolute Gasteiger partial charge is 0.252 e. The first-order valence-corrected chi connectivity index (χ1v) is 12.9. The van der Waals surface area contributed by atoms with Gasteiger partial charge < -0.3 is 25.5 Å². The lowest BCUT2D eigenvalue weighted by Gasteiger charge is -2.53. The van der Waals surface area contributed by atoms with Crippen LogP contribution < -0.4 is 16.6 Å². The van der Waals surface area contributed by atoms with Gasteiger partial charge in [0.25, 0.3) is 5.56 Å². The standard InChI is InChI=1S/C30H33N5O3/c1-20(37-2)7-8-26-27(32)24(23(16-31)17-33-26)9-10-30-13-11-29(12-14-30,19-38-30)34-18-22-15-21-5-3-4-6-25(21)35-28(22)36/h3-8,15,17,34H,1,9-14,18-19,32H2,2H3,(H,35,36)/b8-7-. The molecule has 1 aliphatic carbocycles. The summed E-state index contributed by atoms with van der Waals surface area (Å²) >= 11 is 0. The summed E-state index contributed by atoms with van der Waals surface area (Å²) in [5.41, 5.74) is 10.0. The summed E-state index contributed by atoms with van der Waals surface area (Å²) in [6, 6.07) is 12.0. The second-order valence-electron chi connectivity index (χ2n) is 10.4. The maximum atomic E-state index is 12.6. The van der Waals surface area contributed by atoms with Crippen molar-refractivity contribution in [3.05, 3.63) is 87.7 Å². The number of fused-ring (bicyclic) bond motifs is 4. The normalized spacial score (nSPS) is 22.5. The van der Waals surface area contributed by atoms with Crippen molar-refractivity contribution < 1.29 is 9.47 Å². The Hall–Kier alpha value is -3.93. The Morgan fingerprint density at radius 3 is 2.84 bits per heavy atom. The highest BCUT2D eigenvalue weighted by molar-refractivity contribution is 5.78. The summed E-state index contributed by atoms with van der Waals surface area (Å²) in [7, 11) is 1.55. The van der Waals surface area contributed by atoms with Crippen LogP contribution in [0.2, 0.25) is 0 Å². The molecule has 2 aliphatic heterocycles. The van der Waals surface area contributed by atoms with E-state index in [1.54, 1.807) is 25.5 Å². The van der Waals surface area contributed by atoms with E-state index in [2.05, 4.69) is 27.9 Å². The number of anilines is 1. The van der Waals surface area contributed by atoms with E-state index in [1.165, 1.54) is 0 Å². The van der Waals surface area contributed by atoms with E-state index in [9.17, 15) is 10.1 Å². The molecule has 38 heavy (non-hydrogen) atoms. The molecule has 4 heterocycles. The van der Waals surface area contributed by atoms with Gasteiger partial charge in [0.15, 0.2) is 0 Å². The fourth-order valence-corrected chi connectivity index (χ4v) is 5.59. The van der Waals surface area contributed by atoms with Crippen LogP contribution in [0.4, 0.5) is 5.69 Å². The van der Waals surface area contributed by atoms with Crippen molar-refractivity contribution in [2.75, 3.05) is 19.5 Å². The maximum Gasteiger partial charge on any atom is 0.252 e. The van der Waals surface area contributed by atoms with E-state index in [-0.39, 0.29) is 16.7 Å². The molecule has 3 aromatic rings. The second kappa shape index (κ2) is 10.4. The van der Waals surface area contributed by atoms with Crippen LogP contribution in [0.15, 0.2) is 59.7 Å². The van der Waals surface area contributed by atoms with Crippen molar-refractivity contribution in [2.45, 2.75) is 56.2 Å². The fourth-order valence-electron chi connectivity index (χ4n) is 5.59. The average Bonchev–Trinajstić information content (AvgIpc) is 2.95. The lowest BCUT2D eigenvalue weighted by molar-refractivity contribution is -0.165. The third-order valence-corrected chi connectivity index (χ3v) is 8.16. The van der Waals surface area contributed by atoms with Crippen LogP contribution in [0.3, 0.4) is 0 Å². The fraction of sp³-hybridized carbons (Fsp3) is 0.367. The largest absolute Gasteiger partial charge is 0.497 e. The number of ether oxygens (including phenoxy) is 2. The molecule has 3 fully saturated rings. The van der Waals surface area contributed by atoms with Crippen LogP contribution in [0.5, 0.6) is 0 Å². The summed E-state index contributed by atoms with van der Waals surface area (Å²) in [5, 5.41) is 14.3.